The van der Waals surface area contributed by atoms with Crippen LogP contribution in [0.25, 0.3) is 10.9 Å². The Hall–Kier alpha value is -1.19. The van der Waals surface area contributed by atoms with Gasteiger partial charge in [0.15, 0.2) is 5.82 Å². The summed E-state index contributed by atoms with van der Waals surface area (Å²) in [7, 11) is 0. The van der Waals surface area contributed by atoms with Gasteiger partial charge in [-0.1, -0.05) is 11.6 Å². The number of anilines is 1. The van der Waals surface area contributed by atoms with E-state index in [-0.39, 0.29) is 20.7 Å². The number of rotatable bonds is 1. The van der Waals surface area contributed by atoms with E-state index >= 15 is 0 Å². The van der Waals surface area contributed by atoms with Crippen molar-refractivity contribution >= 4 is 44.3 Å². The minimum absolute atomic E-state index is 0.0390. The Morgan fingerprint density at radius 3 is 2.48 bits per heavy atom. The Labute approximate surface area is 142 Å². The third-order valence-electron chi connectivity index (χ3n) is 3.48. The minimum atomic E-state index is -4.77. The lowest BCUT2D eigenvalue weighted by molar-refractivity contribution is -0.144. The normalized spacial score (nSPS) is 16.2. The summed E-state index contributed by atoms with van der Waals surface area (Å²) in [6, 6.07) is 1.38. The highest BCUT2D eigenvalue weighted by Crippen LogP contribution is 2.37. The molecule has 2 aromatic rings. The first-order valence-corrected chi connectivity index (χ1v) is 7.84. The summed E-state index contributed by atoms with van der Waals surface area (Å²) in [5, 5.41) is 3.30. The van der Waals surface area contributed by atoms with Crippen LogP contribution in [0.5, 0.6) is 0 Å². The molecule has 0 atom stereocenters. The Kier molecular flexibility index (Phi) is 4.37. The Morgan fingerprint density at radius 2 is 1.87 bits per heavy atom. The number of nitrogens with zero attached hydrogens (tertiary/aromatic N) is 3. The number of fused-ring (bicyclic) bond motifs is 1. The molecule has 1 saturated heterocycles. The number of piperazine rings is 1. The average Bonchev–Trinajstić information content (AvgIpc) is 2.52. The zero-order valence-corrected chi connectivity index (χ0v) is 13.9. The lowest BCUT2D eigenvalue weighted by Crippen LogP contribution is -2.44. The van der Waals surface area contributed by atoms with Crippen LogP contribution in [0, 0.1) is 5.82 Å². The van der Waals surface area contributed by atoms with Gasteiger partial charge in [0.2, 0.25) is 5.82 Å². The van der Waals surface area contributed by atoms with Crippen LogP contribution < -0.4 is 10.2 Å². The van der Waals surface area contributed by atoms with E-state index in [4.69, 9.17) is 11.6 Å². The molecule has 1 aliphatic rings. The Morgan fingerprint density at radius 1 is 1.22 bits per heavy atom. The van der Waals surface area contributed by atoms with Crippen LogP contribution >= 0.6 is 27.5 Å². The second-order valence-corrected chi connectivity index (χ2v) is 6.19. The van der Waals surface area contributed by atoms with E-state index in [9.17, 15) is 17.6 Å². The maximum atomic E-state index is 14.4. The van der Waals surface area contributed by atoms with E-state index in [2.05, 4.69) is 31.2 Å². The van der Waals surface area contributed by atoms with E-state index in [0.717, 1.165) is 0 Å². The first-order chi connectivity index (χ1) is 10.8. The molecule has 3 rings (SSSR count). The van der Waals surface area contributed by atoms with Crippen LogP contribution in [0.4, 0.5) is 23.4 Å². The number of nitrogens with one attached hydrogen (secondary N) is 1. The largest absolute Gasteiger partial charge is 0.451 e. The van der Waals surface area contributed by atoms with Crippen LogP contribution in [0.1, 0.15) is 5.82 Å². The molecule has 0 aliphatic carbocycles. The van der Waals surface area contributed by atoms with Gasteiger partial charge in [0, 0.05) is 31.6 Å². The molecule has 23 heavy (non-hydrogen) atoms. The monoisotopic (exact) mass is 412 g/mol. The molecule has 124 valence electrons. The summed E-state index contributed by atoms with van der Waals surface area (Å²) in [6.45, 7) is 2.11. The number of benzene rings is 1. The SMILES string of the molecule is Fc1c(Br)c(Cl)cc2c(N3CCNCC3)nc(C(F)(F)F)nc12. The number of hydrogen-bond donors (Lipinski definition) is 1. The molecular weight excluding hydrogens is 404 g/mol. The fourth-order valence-electron chi connectivity index (χ4n) is 2.40. The van der Waals surface area contributed by atoms with Crippen molar-refractivity contribution in [3.8, 4) is 0 Å². The fraction of sp³-hybridized carbons (Fsp3) is 0.385. The van der Waals surface area contributed by atoms with Crippen molar-refractivity contribution in [2.45, 2.75) is 6.18 Å². The molecule has 2 heterocycles. The highest BCUT2D eigenvalue weighted by Gasteiger charge is 2.37. The topological polar surface area (TPSA) is 41.0 Å². The third kappa shape index (κ3) is 3.09. The highest BCUT2D eigenvalue weighted by atomic mass is 79.9. The van der Waals surface area contributed by atoms with E-state index in [1.165, 1.54) is 6.07 Å². The van der Waals surface area contributed by atoms with Crippen molar-refractivity contribution in [3.05, 3.63) is 27.2 Å². The average molecular weight is 414 g/mol. The first kappa shape index (κ1) is 16.7. The third-order valence-corrected chi connectivity index (χ3v) is 4.78. The minimum Gasteiger partial charge on any atom is -0.353 e. The van der Waals surface area contributed by atoms with E-state index in [1.54, 1.807) is 4.90 Å². The van der Waals surface area contributed by atoms with Gasteiger partial charge in [-0.3, -0.25) is 0 Å². The van der Waals surface area contributed by atoms with E-state index in [1.807, 2.05) is 0 Å². The summed E-state index contributed by atoms with van der Waals surface area (Å²) in [5.74, 6) is -2.26. The van der Waals surface area contributed by atoms with Gasteiger partial charge in [0.25, 0.3) is 0 Å². The molecule has 10 heteroatoms. The zero-order chi connectivity index (χ0) is 16.8. The molecular formula is C13H10BrClF4N4. The van der Waals surface area contributed by atoms with Crippen molar-refractivity contribution in [1.29, 1.82) is 0 Å². The maximum Gasteiger partial charge on any atom is 0.451 e. The number of halogens is 6. The quantitative estimate of drug-likeness (QED) is 0.573. The van der Waals surface area contributed by atoms with Gasteiger partial charge in [-0.05, 0) is 22.0 Å². The first-order valence-electron chi connectivity index (χ1n) is 6.67. The number of aromatic nitrogens is 2. The smallest absolute Gasteiger partial charge is 0.353 e. The van der Waals surface area contributed by atoms with Crippen molar-refractivity contribution in [1.82, 2.24) is 15.3 Å². The zero-order valence-electron chi connectivity index (χ0n) is 11.5. The molecule has 0 amide bonds. The summed E-state index contributed by atoms with van der Waals surface area (Å²) in [5.41, 5.74) is -0.405. The van der Waals surface area contributed by atoms with Gasteiger partial charge in [-0.25, -0.2) is 14.4 Å². The lowest BCUT2D eigenvalue weighted by atomic mass is 10.2. The van der Waals surface area contributed by atoms with Crippen LogP contribution in [0.3, 0.4) is 0 Å². The molecule has 0 unspecified atom stereocenters. The molecule has 0 saturated carbocycles. The molecule has 1 aromatic carbocycles. The van der Waals surface area contributed by atoms with Crippen LogP contribution in [0.15, 0.2) is 10.5 Å². The predicted molar refractivity (Wildman–Crippen MR) is 82.3 cm³/mol. The van der Waals surface area contributed by atoms with Gasteiger partial charge in [-0.15, -0.1) is 0 Å². The van der Waals surface area contributed by atoms with Gasteiger partial charge >= 0.3 is 6.18 Å². The maximum absolute atomic E-state index is 14.4. The predicted octanol–water partition coefficient (Wildman–Crippen LogP) is 3.61. The van der Waals surface area contributed by atoms with Gasteiger partial charge in [-0.2, -0.15) is 13.2 Å². The molecule has 1 aliphatic heterocycles. The second kappa shape index (κ2) is 6.03. The van der Waals surface area contributed by atoms with Crippen molar-refractivity contribution in [2.75, 3.05) is 31.1 Å². The molecule has 0 radical (unpaired) electrons. The van der Waals surface area contributed by atoms with E-state index < -0.39 is 23.3 Å². The molecule has 0 bridgehead atoms. The van der Waals surface area contributed by atoms with Crippen LogP contribution in [-0.4, -0.2) is 36.1 Å². The van der Waals surface area contributed by atoms with E-state index in [0.29, 0.717) is 26.2 Å². The van der Waals surface area contributed by atoms with Gasteiger partial charge in [0.05, 0.1) is 9.50 Å². The number of hydrogen-bond acceptors (Lipinski definition) is 4. The summed E-state index contributed by atoms with van der Waals surface area (Å²) >= 11 is 8.86. The fourth-order valence-corrected chi connectivity index (χ4v) is 2.90. The molecule has 0 spiro atoms. The van der Waals surface area contributed by atoms with Gasteiger partial charge in [0.1, 0.15) is 11.3 Å². The highest BCUT2D eigenvalue weighted by molar-refractivity contribution is 9.10. The second-order valence-electron chi connectivity index (χ2n) is 4.99. The molecule has 1 aromatic heterocycles. The summed E-state index contributed by atoms with van der Waals surface area (Å²) in [6.07, 6.45) is -4.77. The standard InChI is InChI=1S/C13H10BrClF4N4/c14-8-7(15)5-6-10(9(8)16)21-12(13(17,18)19)22-11(6)23-3-1-20-2-4-23/h5,20H,1-4H2. The molecule has 1 fully saturated rings. The van der Waals surface area contributed by atoms with Crippen molar-refractivity contribution in [3.63, 3.8) is 0 Å². The van der Waals surface area contributed by atoms with Crippen LogP contribution in [0.2, 0.25) is 5.02 Å². The Balaban J connectivity index is 2.30. The summed E-state index contributed by atoms with van der Waals surface area (Å²) in [4.78, 5) is 8.66. The summed E-state index contributed by atoms with van der Waals surface area (Å²) < 4.78 is 53.4. The molecule has 1 N–H and O–H groups in total. The van der Waals surface area contributed by atoms with Crippen molar-refractivity contribution < 1.29 is 17.6 Å². The Bertz CT molecular complexity index is 762. The van der Waals surface area contributed by atoms with Crippen LogP contribution in [-0.2, 0) is 6.18 Å². The number of alkyl halides is 3. The van der Waals surface area contributed by atoms with Crippen molar-refractivity contribution in [2.24, 2.45) is 0 Å². The molecule has 4 nitrogen and oxygen atoms in total. The lowest BCUT2D eigenvalue weighted by Gasteiger charge is -2.29. The van der Waals surface area contributed by atoms with Gasteiger partial charge < -0.3 is 10.2 Å².